The van der Waals surface area contributed by atoms with Crippen LogP contribution in [0.2, 0.25) is 0 Å². The summed E-state index contributed by atoms with van der Waals surface area (Å²) in [6.07, 6.45) is 4.31. The third kappa shape index (κ3) is 2.86. The van der Waals surface area contributed by atoms with Crippen molar-refractivity contribution in [3.63, 3.8) is 0 Å². The van der Waals surface area contributed by atoms with E-state index < -0.39 is 4.45 Å². The van der Waals surface area contributed by atoms with Gasteiger partial charge in [-0.1, -0.05) is 121 Å². The predicted octanol–water partition coefficient (Wildman–Crippen LogP) is 6.80. The van der Waals surface area contributed by atoms with Crippen LogP contribution in [-0.4, -0.2) is 4.45 Å². The molecule has 0 saturated carbocycles. The molecule has 0 radical (unpaired) electrons. The molecule has 0 bridgehead atoms. The minimum Gasteiger partial charge on any atom is -0.312 e. The molecule has 2 atom stereocenters. The summed E-state index contributed by atoms with van der Waals surface area (Å²) >= 11 is 3.85. The molecular weight excluding hydrogens is 418 g/mol. The first-order valence-corrected chi connectivity index (χ1v) is 10.9. The molecule has 0 amide bonds. The van der Waals surface area contributed by atoms with E-state index in [9.17, 15) is 0 Å². The maximum absolute atomic E-state index is 6.81. The summed E-state index contributed by atoms with van der Waals surface area (Å²) in [5.41, 5.74) is 15.9. The highest BCUT2D eigenvalue weighted by atomic mass is 79.9. The number of alkyl halides is 1. The number of hydrogen-bond acceptors (Lipinski definition) is 1. The molecule has 0 heterocycles. The molecule has 2 unspecified atom stereocenters. The van der Waals surface area contributed by atoms with E-state index in [1.807, 2.05) is 6.07 Å². The van der Waals surface area contributed by atoms with Crippen molar-refractivity contribution in [3.8, 4) is 11.1 Å². The Kier molecular flexibility index (Phi) is 4.20. The van der Waals surface area contributed by atoms with Gasteiger partial charge in [0, 0.05) is 11.3 Å². The van der Waals surface area contributed by atoms with Crippen molar-refractivity contribution < 1.29 is 0 Å². The summed E-state index contributed by atoms with van der Waals surface area (Å²) in [5, 5.41) is 0. The van der Waals surface area contributed by atoms with Crippen molar-refractivity contribution in [2.75, 3.05) is 0 Å². The molecule has 3 aromatic rings. The second kappa shape index (κ2) is 6.55. The summed E-state index contributed by atoms with van der Waals surface area (Å²) < 4.78 is -0.612. The Morgan fingerprint density at radius 3 is 2.14 bits per heavy atom. The quantitative estimate of drug-likeness (QED) is 0.343. The van der Waals surface area contributed by atoms with Gasteiger partial charge in [0.25, 0.3) is 0 Å². The third-order valence-corrected chi connectivity index (χ3v) is 7.16. The van der Waals surface area contributed by atoms with E-state index in [4.69, 9.17) is 5.73 Å². The molecule has 2 aliphatic rings. The van der Waals surface area contributed by atoms with Gasteiger partial charge >= 0.3 is 0 Å². The molecule has 0 aromatic heterocycles. The monoisotopic (exact) mass is 441 g/mol. The summed E-state index contributed by atoms with van der Waals surface area (Å²) in [7, 11) is 0. The Morgan fingerprint density at radius 1 is 0.793 bits per heavy atom. The van der Waals surface area contributed by atoms with Gasteiger partial charge in [0.05, 0.1) is 0 Å². The highest BCUT2D eigenvalue weighted by Crippen LogP contribution is 2.57. The summed E-state index contributed by atoms with van der Waals surface area (Å²) in [5.74, 6) is 0.0646. The zero-order valence-corrected chi connectivity index (χ0v) is 18.3. The fourth-order valence-corrected chi connectivity index (χ4v) is 5.66. The normalized spacial score (nSPS) is 24.3. The van der Waals surface area contributed by atoms with Crippen LogP contribution in [0.5, 0.6) is 0 Å². The lowest BCUT2D eigenvalue weighted by atomic mass is 9.69. The van der Waals surface area contributed by atoms with Crippen molar-refractivity contribution in [2.24, 2.45) is 5.73 Å². The van der Waals surface area contributed by atoms with E-state index in [2.05, 4.69) is 115 Å². The van der Waals surface area contributed by atoms with E-state index in [1.165, 1.54) is 39.0 Å². The van der Waals surface area contributed by atoms with E-state index in [-0.39, 0.29) is 11.3 Å². The number of benzene rings is 3. The average Bonchev–Trinajstić information content (AvgIpc) is 2.96. The number of fused-ring (bicyclic) bond motifs is 2. The smallest absolute Gasteiger partial charge is 0.101 e. The molecular formula is C27H24BrN. The number of rotatable bonds is 2. The van der Waals surface area contributed by atoms with Crippen LogP contribution in [0, 0.1) is 0 Å². The Labute approximate surface area is 181 Å². The summed E-state index contributed by atoms with van der Waals surface area (Å²) in [6, 6.07) is 28.1. The molecule has 0 aliphatic heterocycles. The lowest BCUT2D eigenvalue weighted by molar-refractivity contribution is 0.528. The van der Waals surface area contributed by atoms with Crippen LogP contribution in [0.1, 0.15) is 36.5 Å². The van der Waals surface area contributed by atoms with Crippen molar-refractivity contribution in [1.82, 2.24) is 0 Å². The van der Waals surface area contributed by atoms with Gasteiger partial charge in [0.15, 0.2) is 0 Å². The Bertz CT molecular complexity index is 1130. The number of nitrogens with two attached hydrogens (primary N) is 1. The van der Waals surface area contributed by atoms with Gasteiger partial charge in [-0.25, -0.2) is 0 Å². The SMILES string of the molecule is CC1(C)C2=C(C=CC(N)(Br)C2c2ccc(-c3ccccc3)cc2)c2ccccc21. The molecule has 0 spiro atoms. The number of hydrogen-bond donors (Lipinski definition) is 1. The lowest BCUT2D eigenvalue weighted by Gasteiger charge is -2.40. The maximum Gasteiger partial charge on any atom is 0.101 e. The highest BCUT2D eigenvalue weighted by Gasteiger charge is 2.48. The number of halogens is 1. The maximum atomic E-state index is 6.81. The Hall–Kier alpha value is -2.42. The van der Waals surface area contributed by atoms with Crippen LogP contribution in [-0.2, 0) is 5.41 Å². The van der Waals surface area contributed by atoms with Crippen molar-refractivity contribution >= 4 is 21.5 Å². The zero-order valence-electron chi connectivity index (χ0n) is 16.7. The second-order valence-corrected chi connectivity index (χ2v) is 9.95. The molecule has 5 rings (SSSR count). The minimum absolute atomic E-state index is 0.0646. The summed E-state index contributed by atoms with van der Waals surface area (Å²) in [4.78, 5) is 0. The largest absolute Gasteiger partial charge is 0.312 e. The fraction of sp³-hybridized carbons (Fsp3) is 0.185. The topological polar surface area (TPSA) is 26.0 Å². The van der Waals surface area contributed by atoms with Crippen LogP contribution in [0.3, 0.4) is 0 Å². The van der Waals surface area contributed by atoms with Crippen molar-refractivity contribution in [1.29, 1.82) is 0 Å². The second-order valence-electron chi connectivity index (χ2n) is 8.58. The molecule has 0 saturated heterocycles. The van der Waals surface area contributed by atoms with E-state index >= 15 is 0 Å². The van der Waals surface area contributed by atoms with Crippen molar-refractivity contribution in [2.45, 2.75) is 29.6 Å². The zero-order chi connectivity index (χ0) is 20.2. The first kappa shape index (κ1) is 18.6. The van der Waals surface area contributed by atoms with Crippen LogP contribution in [0.25, 0.3) is 16.7 Å². The third-order valence-electron chi connectivity index (χ3n) is 6.44. The minimum atomic E-state index is -0.612. The molecule has 29 heavy (non-hydrogen) atoms. The molecule has 3 aromatic carbocycles. The van der Waals surface area contributed by atoms with Gasteiger partial charge in [-0.15, -0.1) is 0 Å². The average molecular weight is 442 g/mol. The fourth-order valence-electron chi connectivity index (χ4n) is 5.03. The highest BCUT2D eigenvalue weighted by molar-refractivity contribution is 9.10. The first-order chi connectivity index (χ1) is 13.9. The van der Waals surface area contributed by atoms with Crippen LogP contribution in [0.15, 0.2) is 96.6 Å². The van der Waals surface area contributed by atoms with E-state index in [0.29, 0.717) is 0 Å². The van der Waals surface area contributed by atoms with Crippen LogP contribution < -0.4 is 5.73 Å². The van der Waals surface area contributed by atoms with Crippen LogP contribution >= 0.6 is 15.9 Å². The molecule has 144 valence electrons. The van der Waals surface area contributed by atoms with Gasteiger partial charge in [0.2, 0.25) is 0 Å². The summed E-state index contributed by atoms with van der Waals surface area (Å²) in [6.45, 7) is 4.64. The van der Waals surface area contributed by atoms with Gasteiger partial charge in [-0.2, -0.15) is 0 Å². The van der Waals surface area contributed by atoms with Gasteiger partial charge in [0.1, 0.15) is 4.45 Å². The molecule has 0 fully saturated rings. The first-order valence-electron chi connectivity index (χ1n) is 10.1. The Morgan fingerprint density at radius 2 is 1.41 bits per heavy atom. The van der Waals surface area contributed by atoms with Gasteiger partial charge in [-0.3, -0.25) is 0 Å². The predicted molar refractivity (Wildman–Crippen MR) is 126 cm³/mol. The van der Waals surface area contributed by atoms with E-state index in [0.717, 1.165) is 0 Å². The van der Waals surface area contributed by atoms with Crippen LogP contribution in [0.4, 0.5) is 0 Å². The van der Waals surface area contributed by atoms with E-state index in [1.54, 1.807) is 0 Å². The Balaban J connectivity index is 1.63. The molecule has 2 N–H and O–H groups in total. The molecule has 2 heteroatoms. The van der Waals surface area contributed by atoms with Gasteiger partial charge < -0.3 is 5.73 Å². The molecule has 1 nitrogen and oxygen atoms in total. The van der Waals surface area contributed by atoms with Gasteiger partial charge in [-0.05, 0) is 39.0 Å². The molecule has 2 aliphatic carbocycles. The standard InChI is InChI=1S/C27H24BrN/c1-26(2)23-11-7-6-10-21(23)22-16-17-27(28,29)24(25(22)26)20-14-12-19(13-15-20)18-8-4-3-5-9-18/h3-17,24H,29H2,1-2H3. The van der Waals surface area contributed by atoms with Crippen molar-refractivity contribution in [3.05, 3.63) is 113 Å². The number of allylic oxidation sites excluding steroid dienone is 2. The lowest BCUT2D eigenvalue weighted by Crippen LogP contribution is -2.42.